The summed E-state index contributed by atoms with van der Waals surface area (Å²) in [6.07, 6.45) is 2.75. The Morgan fingerprint density at radius 3 is 2.75 bits per heavy atom. The third-order valence-corrected chi connectivity index (χ3v) is 7.49. The standard InChI is InChI=1S/C23H27N3O5S/c1-30-21-7-6-17(14-22(21)32(28,29)26-10-12-31-13-11-26)15-23(27)24-9-8-18-16-25-20-5-3-2-4-19(18)20/h2-7,14,16,25H,8-13,15H2,1H3,(H,24,27). The van der Waals surface area contributed by atoms with Crippen molar-refractivity contribution in [2.75, 3.05) is 40.0 Å². The smallest absolute Gasteiger partial charge is 0.246 e. The number of nitrogens with zero attached hydrogens (tertiary/aromatic N) is 1. The molecule has 8 nitrogen and oxygen atoms in total. The molecule has 32 heavy (non-hydrogen) atoms. The van der Waals surface area contributed by atoms with E-state index in [9.17, 15) is 13.2 Å². The minimum Gasteiger partial charge on any atom is -0.495 e. The number of benzene rings is 2. The van der Waals surface area contributed by atoms with Crippen LogP contribution in [0.4, 0.5) is 0 Å². The first kappa shape index (κ1) is 22.3. The number of rotatable bonds is 8. The van der Waals surface area contributed by atoms with Crippen molar-refractivity contribution in [3.8, 4) is 5.75 Å². The second-order valence-corrected chi connectivity index (χ2v) is 9.54. The lowest BCUT2D eigenvalue weighted by Gasteiger charge is -2.26. The number of carbonyl (C=O) groups is 1. The summed E-state index contributed by atoms with van der Waals surface area (Å²) in [4.78, 5) is 15.8. The van der Waals surface area contributed by atoms with E-state index >= 15 is 0 Å². The van der Waals surface area contributed by atoms with Gasteiger partial charge in [0, 0.05) is 36.7 Å². The first-order chi connectivity index (χ1) is 15.5. The molecule has 1 fully saturated rings. The molecule has 0 radical (unpaired) electrons. The van der Waals surface area contributed by atoms with Crippen LogP contribution in [0.2, 0.25) is 0 Å². The minimum absolute atomic E-state index is 0.0750. The van der Waals surface area contributed by atoms with Crippen LogP contribution in [0.3, 0.4) is 0 Å². The van der Waals surface area contributed by atoms with Crippen LogP contribution in [0.5, 0.6) is 5.75 Å². The van der Waals surface area contributed by atoms with Gasteiger partial charge < -0.3 is 19.8 Å². The van der Waals surface area contributed by atoms with Crippen LogP contribution in [-0.4, -0.2) is 63.6 Å². The molecular formula is C23H27N3O5S. The van der Waals surface area contributed by atoms with Crippen LogP contribution < -0.4 is 10.1 Å². The molecule has 170 valence electrons. The summed E-state index contributed by atoms with van der Waals surface area (Å²) in [6, 6.07) is 12.9. The predicted molar refractivity (Wildman–Crippen MR) is 121 cm³/mol. The van der Waals surface area contributed by atoms with E-state index in [-0.39, 0.29) is 23.0 Å². The van der Waals surface area contributed by atoms with Gasteiger partial charge in [0.1, 0.15) is 10.6 Å². The number of carbonyl (C=O) groups excluding carboxylic acids is 1. The molecule has 2 aromatic carbocycles. The van der Waals surface area contributed by atoms with Crippen molar-refractivity contribution >= 4 is 26.8 Å². The van der Waals surface area contributed by atoms with Crippen molar-refractivity contribution in [2.24, 2.45) is 0 Å². The normalized spacial score (nSPS) is 15.0. The number of H-pyrrole nitrogens is 1. The van der Waals surface area contributed by atoms with Gasteiger partial charge in [0.25, 0.3) is 0 Å². The number of methoxy groups -OCH3 is 1. The Balaban J connectivity index is 1.41. The molecule has 4 rings (SSSR count). The molecule has 2 heterocycles. The first-order valence-electron chi connectivity index (χ1n) is 10.6. The molecule has 0 atom stereocenters. The molecule has 3 aromatic rings. The maximum Gasteiger partial charge on any atom is 0.246 e. The van der Waals surface area contributed by atoms with Crippen LogP contribution >= 0.6 is 0 Å². The number of fused-ring (bicyclic) bond motifs is 1. The Labute approximate surface area is 187 Å². The lowest BCUT2D eigenvalue weighted by atomic mass is 10.1. The predicted octanol–water partition coefficient (Wildman–Crippen LogP) is 2.10. The van der Waals surface area contributed by atoms with Crippen LogP contribution in [-0.2, 0) is 32.4 Å². The fourth-order valence-electron chi connectivity index (χ4n) is 3.88. The summed E-state index contributed by atoms with van der Waals surface area (Å²) in [7, 11) is -2.30. The lowest BCUT2D eigenvalue weighted by Crippen LogP contribution is -2.40. The highest BCUT2D eigenvalue weighted by atomic mass is 32.2. The molecule has 0 bridgehead atoms. The first-order valence-corrected chi connectivity index (χ1v) is 12.0. The van der Waals surface area contributed by atoms with E-state index in [1.165, 1.54) is 17.5 Å². The molecule has 0 unspecified atom stereocenters. The summed E-state index contributed by atoms with van der Waals surface area (Å²) in [6.45, 7) is 1.81. The highest BCUT2D eigenvalue weighted by molar-refractivity contribution is 7.89. The van der Waals surface area contributed by atoms with Crippen molar-refractivity contribution < 1.29 is 22.7 Å². The fraction of sp³-hybridized carbons (Fsp3) is 0.348. The van der Waals surface area contributed by atoms with E-state index < -0.39 is 10.0 Å². The Kier molecular flexibility index (Phi) is 6.78. The zero-order valence-electron chi connectivity index (χ0n) is 18.0. The van der Waals surface area contributed by atoms with Gasteiger partial charge in [-0.2, -0.15) is 4.31 Å². The van der Waals surface area contributed by atoms with E-state index in [2.05, 4.69) is 16.4 Å². The molecule has 1 amide bonds. The fourth-order valence-corrected chi connectivity index (χ4v) is 5.50. The van der Waals surface area contributed by atoms with Crippen LogP contribution in [0, 0.1) is 0 Å². The molecule has 0 spiro atoms. The average molecular weight is 458 g/mol. The minimum atomic E-state index is -3.74. The number of hydrogen-bond acceptors (Lipinski definition) is 5. The van der Waals surface area contributed by atoms with Gasteiger partial charge in [-0.3, -0.25) is 4.79 Å². The van der Waals surface area contributed by atoms with E-state index in [1.807, 2.05) is 24.4 Å². The quantitative estimate of drug-likeness (QED) is 0.540. The SMILES string of the molecule is COc1ccc(CC(=O)NCCc2c[nH]c3ccccc23)cc1S(=O)(=O)N1CCOCC1. The number of amides is 1. The van der Waals surface area contributed by atoms with Gasteiger partial charge in [0.2, 0.25) is 15.9 Å². The van der Waals surface area contributed by atoms with Gasteiger partial charge in [0.15, 0.2) is 0 Å². The van der Waals surface area contributed by atoms with Crippen molar-refractivity contribution in [1.82, 2.24) is 14.6 Å². The molecule has 0 aliphatic carbocycles. The number of hydrogen-bond donors (Lipinski definition) is 2. The summed E-state index contributed by atoms with van der Waals surface area (Å²) in [5.41, 5.74) is 2.83. The molecule has 1 aliphatic heterocycles. The lowest BCUT2D eigenvalue weighted by molar-refractivity contribution is -0.120. The third kappa shape index (κ3) is 4.79. The summed E-state index contributed by atoms with van der Waals surface area (Å²) in [5.74, 6) is 0.102. The van der Waals surface area contributed by atoms with Gasteiger partial charge in [-0.15, -0.1) is 0 Å². The zero-order chi connectivity index (χ0) is 22.6. The maximum atomic E-state index is 13.1. The third-order valence-electron chi connectivity index (χ3n) is 5.57. The molecule has 2 N–H and O–H groups in total. The van der Waals surface area contributed by atoms with Crippen molar-refractivity contribution in [3.05, 3.63) is 59.8 Å². The van der Waals surface area contributed by atoms with Gasteiger partial charge >= 0.3 is 0 Å². The number of aromatic nitrogens is 1. The monoisotopic (exact) mass is 457 g/mol. The summed E-state index contributed by atoms with van der Waals surface area (Å²) < 4.78 is 38.1. The molecule has 0 saturated carbocycles. The van der Waals surface area contributed by atoms with E-state index in [4.69, 9.17) is 9.47 Å². The van der Waals surface area contributed by atoms with Crippen molar-refractivity contribution in [3.63, 3.8) is 0 Å². The second kappa shape index (κ2) is 9.72. The van der Waals surface area contributed by atoms with E-state index in [0.29, 0.717) is 44.8 Å². The van der Waals surface area contributed by atoms with E-state index in [1.54, 1.807) is 12.1 Å². The van der Waals surface area contributed by atoms with Gasteiger partial charge in [-0.1, -0.05) is 24.3 Å². The Morgan fingerprint density at radius 1 is 1.19 bits per heavy atom. The molecule has 9 heteroatoms. The summed E-state index contributed by atoms with van der Waals surface area (Å²) >= 11 is 0. The maximum absolute atomic E-state index is 13.1. The number of ether oxygens (including phenoxy) is 2. The molecular weight excluding hydrogens is 430 g/mol. The van der Waals surface area contributed by atoms with Crippen LogP contribution in [0.1, 0.15) is 11.1 Å². The van der Waals surface area contributed by atoms with Gasteiger partial charge in [-0.25, -0.2) is 8.42 Å². The topological polar surface area (TPSA) is 101 Å². The van der Waals surface area contributed by atoms with Gasteiger partial charge in [0.05, 0.1) is 26.7 Å². The van der Waals surface area contributed by atoms with Gasteiger partial charge in [-0.05, 0) is 35.7 Å². The van der Waals surface area contributed by atoms with Crippen LogP contribution in [0.15, 0.2) is 53.6 Å². The highest BCUT2D eigenvalue weighted by Gasteiger charge is 2.29. The zero-order valence-corrected chi connectivity index (χ0v) is 18.8. The van der Waals surface area contributed by atoms with E-state index in [0.717, 1.165) is 16.5 Å². The van der Waals surface area contributed by atoms with Crippen molar-refractivity contribution in [1.29, 1.82) is 0 Å². The number of aromatic amines is 1. The number of morpholine rings is 1. The Bertz CT molecular complexity index is 1200. The summed E-state index contributed by atoms with van der Waals surface area (Å²) in [5, 5.41) is 4.07. The Morgan fingerprint density at radius 2 is 1.97 bits per heavy atom. The molecule has 1 saturated heterocycles. The Hall–Kier alpha value is -2.88. The average Bonchev–Trinajstić information content (AvgIpc) is 3.23. The highest BCUT2D eigenvalue weighted by Crippen LogP contribution is 2.28. The number of nitrogens with one attached hydrogen (secondary N) is 2. The largest absolute Gasteiger partial charge is 0.495 e. The van der Waals surface area contributed by atoms with Crippen LogP contribution in [0.25, 0.3) is 10.9 Å². The second-order valence-electron chi connectivity index (χ2n) is 7.64. The molecule has 1 aliphatic rings. The molecule has 1 aromatic heterocycles. The van der Waals surface area contributed by atoms with Crippen molar-refractivity contribution in [2.45, 2.75) is 17.7 Å². The number of para-hydroxylation sites is 1. The number of sulfonamides is 1.